The summed E-state index contributed by atoms with van der Waals surface area (Å²) >= 11 is 6.22. The summed E-state index contributed by atoms with van der Waals surface area (Å²) < 4.78 is 0. The van der Waals surface area contributed by atoms with Crippen molar-refractivity contribution < 1.29 is 0 Å². The van der Waals surface area contributed by atoms with Gasteiger partial charge in [-0.3, -0.25) is 4.98 Å². The van der Waals surface area contributed by atoms with Crippen LogP contribution in [0.2, 0.25) is 5.28 Å². The Kier molecular flexibility index (Phi) is 4.47. The number of hydrogen-bond acceptors (Lipinski definition) is 4. The number of pyridine rings is 1. The maximum absolute atomic E-state index is 6.22. The molecule has 0 amide bonds. The Bertz CT molecular complexity index is 1300. The van der Waals surface area contributed by atoms with Crippen LogP contribution in [0.1, 0.15) is 0 Å². The van der Waals surface area contributed by atoms with Crippen LogP contribution in [0.3, 0.4) is 0 Å². The molecule has 0 saturated heterocycles. The molecule has 3 aromatic carbocycles. The second-order valence-corrected chi connectivity index (χ2v) is 6.97. The van der Waals surface area contributed by atoms with Crippen LogP contribution in [-0.2, 0) is 0 Å². The Hall–Kier alpha value is -3.63. The van der Waals surface area contributed by atoms with Gasteiger partial charge in [-0.2, -0.15) is 9.97 Å². The van der Waals surface area contributed by atoms with E-state index >= 15 is 0 Å². The van der Waals surface area contributed by atoms with Gasteiger partial charge >= 0.3 is 0 Å². The molecule has 5 aromatic rings. The molecule has 0 aliphatic carbocycles. The Labute approximate surface area is 172 Å². The molecule has 0 atom stereocenters. The van der Waals surface area contributed by atoms with Crippen LogP contribution in [0, 0.1) is 0 Å². The largest absolute Gasteiger partial charge is 0.264 e. The standard InChI is InChI=1S/C24H15ClN4/c25-24-28-22(18-10-7-17(8-11-18)21-6-3-13-26-15-21)27-23(29-24)20-12-9-16-4-1-2-5-19(16)14-20/h1-15H. The average Bonchev–Trinajstić information content (AvgIpc) is 2.79. The zero-order valence-electron chi connectivity index (χ0n) is 15.3. The summed E-state index contributed by atoms with van der Waals surface area (Å²) in [4.78, 5) is 17.5. The van der Waals surface area contributed by atoms with Crippen LogP contribution in [0.5, 0.6) is 0 Å². The van der Waals surface area contributed by atoms with Crippen molar-refractivity contribution in [2.45, 2.75) is 0 Å². The molecule has 0 radical (unpaired) electrons. The first kappa shape index (κ1) is 17.5. The summed E-state index contributed by atoms with van der Waals surface area (Å²) in [5.41, 5.74) is 3.92. The van der Waals surface area contributed by atoms with E-state index in [4.69, 9.17) is 11.6 Å². The van der Waals surface area contributed by atoms with Crippen LogP contribution >= 0.6 is 11.6 Å². The van der Waals surface area contributed by atoms with Gasteiger partial charge in [0, 0.05) is 23.5 Å². The van der Waals surface area contributed by atoms with Crippen LogP contribution in [-0.4, -0.2) is 19.9 Å². The topological polar surface area (TPSA) is 51.6 Å². The molecule has 0 saturated carbocycles. The van der Waals surface area contributed by atoms with Crippen LogP contribution in [0.4, 0.5) is 0 Å². The second kappa shape index (κ2) is 7.41. The number of fused-ring (bicyclic) bond motifs is 1. The molecule has 0 fully saturated rings. The molecule has 0 spiro atoms. The monoisotopic (exact) mass is 394 g/mol. The summed E-state index contributed by atoms with van der Waals surface area (Å²) in [5.74, 6) is 1.10. The number of benzene rings is 3. The molecule has 4 nitrogen and oxygen atoms in total. The lowest BCUT2D eigenvalue weighted by Crippen LogP contribution is -1.97. The van der Waals surface area contributed by atoms with Gasteiger partial charge in [-0.25, -0.2) is 4.98 Å². The van der Waals surface area contributed by atoms with Crippen molar-refractivity contribution in [1.82, 2.24) is 19.9 Å². The maximum atomic E-state index is 6.22. The Morgan fingerprint density at radius 3 is 2.00 bits per heavy atom. The van der Waals surface area contributed by atoms with Gasteiger partial charge in [0.25, 0.3) is 0 Å². The predicted molar refractivity (Wildman–Crippen MR) is 116 cm³/mol. The highest BCUT2D eigenvalue weighted by atomic mass is 35.5. The van der Waals surface area contributed by atoms with Crippen molar-refractivity contribution >= 4 is 22.4 Å². The quantitative estimate of drug-likeness (QED) is 0.372. The molecule has 0 unspecified atom stereocenters. The normalized spacial score (nSPS) is 10.9. The molecule has 138 valence electrons. The summed E-state index contributed by atoms with van der Waals surface area (Å²) in [6.07, 6.45) is 3.60. The fourth-order valence-corrected chi connectivity index (χ4v) is 3.44. The van der Waals surface area contributed by atoms with E-state index in [9.17, 15) is 0 Å². The van der Waals surface area contributed by atoms with Gasteiger partial charge in [0.15, 0.2) is 11.6 Å². The van der Waals surface area contributed by atoms with Crippen LogP contribution < -0.4 is 0 Å². The van der Waals surface area contributed by atoms with Crippen molar-refractivity contribution in [2.75, 3.05) is 0 Å². The van der Waals surface area contributed by atoms with Gasteiger partial charge in [-0.1, -0.05) is 66.7 Å². The third-order valence-electron chi connectivity index (χ3n) is 4.75. The SMILES string of the molecule is Clc1nc(-c2ccc(-c3cccnc3)cc2)nc(-c2ccc3ccccc3c2)n1. The van der Waals surface area contributed by atoms with E-state index in [-0.39, 0.29) is 5.28 Å². The molecular formula is C24H15ClN4. The van der Waals surface area contributed by atoms with E-state index in [0.29, 0.717) is 11.6 Å². The van der Waals surface area contributed by atoms with Gasteiger partial charge in [0.1, 0.15) is 0 Å². The van der Waals surface area contributed by atoms with E-state index in [1.54, 1.807) is 6.20 Å². The van der Waals surface area contributed by atoms with Crippen molar-refractivity contribution in [2.24, 2.45) is 0 Å². The fraction of sp³-hybridized carbons (Fsp3) is 0. The lowest BCUT2D eigenvalue weighted by Gasteiger charge is -2.07. The summed E-state index contributed by atoms with van der Waals surface area (Å²) in [7, 11) is 0. The van der Waals surface area contributed by atoms with Gasteiger partial charge in [0.05, 0.1) is 0 Å². The van der Waals surface area contributed by atoms with Crippen LogP contribution in [0.25, 0.3) is 44.7 Å². The van der Waals surface area contributed by atoms with E-state index in [0.717, 1.165) is 27.6 Å². The molecule has 0 aliphatic heterocycles. The highest BCUT2D eigenvalue weighted by molar-refractivity contribution is 6.28. The summed E-state index contributed by atoms with van der Waals surface area (Å²) in [5, 5.41) is 2.47. The van der Waals surface area contributed by atoms with E-state index in [1.807, 2.05) is 60.8 Å². The van der Waals surface area contributed by atoms with E-state index in [1.165, 1.54) is 5.39 Å². The van der Waals surface area contributed by atoms with Crippen LogP contribution in [0.15, 0.2) is 91.3 Å². The zero-order chi connectivity index (χ0) is 19.6. The van der Waals surface area contributed by atoms with Crippen molar-refractivity contribution in [3.8, 4) is 33.9 Å². The smallest absolute Gasteiger partial charge is 0.226 e. The number of halogens is 1. The molecule has 5 heteroatoms. The molecule has 2 heterocycles. The lowest BCUT2D eigenvalue weighted by atomic mass is 10.1. The zero-order valence-corrected chi connectivity index (χ0v) is 16.1. The highest BCUT2D eigenvalue weighted by Crippen LogP contribution is 2.26. The Morgan fingerprint density at radius 2 is 1.24 bits per heavy atom. The Morgan fingerprint density at radius 1 is 0.552 bits per heavy atom. The molecule has 0 bridgehead atoms. The predicted octanol–water partition coefficient (Wildman–Crippen LogP) is 6.07. The summed E-state index contributed by atoms with van der Waals surface area (Å²) in [6.45, 7) is 0. The van der Waals surface area contributed by atoms with Gasteiger partial charge < -0.3 is 0 Å². The third kappa shape index (κ3) is 3.58. The van der Waals surface area contributed by atoms with Crippen molar-refractivity contribution in [3.05, 3.63) is 96.5 Å². The third-order valence-corrected chi connectivity index (χ3v) is 4.92. The minimum Gasteiger partial charge on any atom is -0.264 e. The van der Waals surface area contributed by atoms with E-state index < -0.39 is 0 Å². The van der Waals surface area contributed by atoms with Crippen molar-refractivity contribution in [3.63, 3.8) is 0 Å². The minimum atomic E-state index is 0.175. The molecule has 0 aliphatic rings. The first-order valence-corrected chi connectivity index (χ1v) is 9.56. The summed E-state index contributed by atoms with van der Waals surface area (Å²) in [6, 6.07) is 26.3. The van der Waals surface area contributed by atoms with Crippen molar-refractivity contribution in [1.29, 1.82) is 0 Å². The van der Waals surface area contributed by atoms with Gasteiger partial charge in [0.2, 0.25) is 5.28 Å². The average molecular weight is 395 g/mol. The number of hydrogen-bond donors (Lipinski definition) is 0. The van der Waals surface area contributed by atoms with Gasteiger partial charge in [-0.05, 0) is 45.6 Å². The lowest BCUT2D eigenvalue weighted by molar-refractivity contribution is 1.07. The first-order valence-electron chi connectivity index (χ1n) is 9.18. The van der Waals surface area contributed by atoms with E-state index in [2.05, 4.69) is 44.2 Å². The molecule has 0 N–H and O–H groups in total. The minimum absolute atomic E-state index is 0.175. The number of aromatic nitrogens is 4. The molecular weight excluding hydrogens is 380 g/mol. The molecule has 5 rings (SSSR count). The fourth-order valence-electron chi connectivity index (χ4n) is 3.28. The second-order valence-electron chi connectivity index (χ2n) is 6.63. The highest BCUT2D eigenvalue weighted by Gasteiger charge is 2.10. The Balaban J connectivity index is 1.53. The first-order chi connectivity index (χ1) is 14.3. The van der Waals surface area contributed by atoms with Gasteiger partial charge in [-0.15, -0.1) is 0 Å². The maximum Gasteiger partial charge on any atom is 0.226 e. The molecule has 29 heavy (non-hydrogen) atoms. The number of rotatable bonds is 3. The number of nitrogens with zero attached hydrogens (tertiary/aromatic N) is 4. The molecule has 2 aromatic heterocycles.